The van der Waals surface area contributed by atoms with Crippen LogP contribution in [0.25, 0.3) is 0 Å². The molecule has 0 aliphatic carbocycles. The van der Waals surface area contributed by atoms with Crippen LogP contribution in [0.5, 0.6) is 5.75 Å². The van der Waals surface area contributed by atoms with E-state index in [1.807, 2.05) is 39.1 Å². The molecule has 0 spiro atoms. The van der Waals surface area contributed by atoms with Gasteiger partial charge in [0, 0.05) is 24.7 Å². The van der Waals surface area contributed by atoms with Crippen molar-refractivity contribution in [3.8, 4) is 5.75 Å². The van der Waals surface area contributed by atoms with Crippen LogP contribution in [0.2, 0.25) is 0 Å². The summed E-state index contributed by atoms with van der Waals surface area (Å²) >= 11 is 0. The zero-order valence-electron chi connectivity index (χ0n) is 11.8. The first-order valence-corrected chi connectivity index (χ1v) is 6.29. The molecule has 0 unspecified atom stereocenters. The molecule has 0 fully saturated rings. The van der Waals surface area contributed by atoms with Crippen molar-refractivity contribution in [2.45, 2.75) is 20.3 Å². The Morgan fingerprint density at radius 1 is 1.21 bits per heavy atom. The standard InChI is InChI=1S/C15H19N3O/c1-10-11(2)17-14(18-15(10)16-3)9-12-6-5-7-13(8-12)19-4/h5-8H,9H2,1-4H3,(H,16,17,18). The van der Waals surface area contributed by atoms with Gasteiger partial charge in [0.15, 0.2) is 0 Å². The molecule has 0 radical (unpaired) electrons. The molecule has 2 aromatic rings. The van der Waals surface area contributed by atoms with E-state index < -0.39 is 0 Å². The van der Waals surface area contributed by atoms with Gasteiger partial charge < -0.3 is 10.1 Å². The van der Waals surface area contributed by atoms with Crippen LogP contribution in [-0.4, -0.2) is 24.1 Å². The third kappa shape index (κ3) is 3.02. The summed E-state index contributed by atoms with van der Waals surface area (Å²) in [6, 6.07) is 7.98. The predicted molar refractivity (Wildman–Crippen MR) is 76.9 cm³/mol. The number of hydrogen-bond acceptors (Lipinski definition) is 4. The average molecular weight is 257 g/mol. The first-order valence-electron chi connectivity index (χ1n) is 6.29. The molecule has 1 aromatic carbocycles. The van der Waals surface area contributed by atoms with Crippen molar-refractivity contribution < 1.29 is 4.74 Å². The van der Waals surface area contributed by atoms with Gasteiger partial charge in [0.1, 0.15) is 17.4 Å². The van der Waals surface area contributed by atoms with Crippen LogP contribution >= 0.6 is 0 Å². The maximum Gasteiger partial charge on any atom is 0.135 e. The van der Waals surface area contributed by atoms with E-state index in [1.165, 1.54) is 0 Å². The zero-order valence-corrected chi connectivity index (χ0v) is 11.8. The molecule has 2 rings (SSSR count). The number of rotatable bonds is 4. The van der Waals surface area contributed by atoms with Gasteiger partial charge in [-0.1, -0.05) is 12.1 Å². The minimum atomic E-state index is 0.701. The number of aryl methyl sites for hydroxylation is 1. The van der Waals surface area contributed by atoms with E-state index in [0.717, 1.165) is 34.2 Å². The van der Waals surface area contributed by atoms with Crippen LogP contribution in [0.3, 0.4) is 0 Å². The highest BCUT2D eigenvalue weighted by molar-refractivity contribution is 5.45. The lowest BCUT2D eigenvalue weighted by molar-refractivity contribution is 0.414. The van der Waals surface area contributed by atoms with Crippen molar-refractivity contribution in [3.63, 3.8) is 0 Å². The fourth-order valence-corrected chi connectivity index (χ4v) is 1.97. The van der Waals surface area contributed by atoms with E-state index in [9.17, 15) is 0 Å². The topological polar surface area (TPSA) is 47.0 Å². The predicted octanol–water partition coefficient (Wildman–Crippen LogP) is 2.73. The molecule has 0 amide bonds. The molecule has 0 saturated carbocycles. The highest BCUT2D eigenvalue weighted by atomic mass is 16.5. The van der Waals surface area contributed by atoms with Crippen LogP contribution in [0.15, 0.2) is 24.3 Å². The third-order valence-electron chi connectivity index (χ3n) is 3.17. The molecule has 1 N–H and O–H groups in total. The summed E-state index contributed by atoms with van der Waals surface area (Å²) in [5.41, 5.74) is 3.25. The van der Waals surface area contributed by atoms with Gasteiger partial charge in [0.25, 0.3) is 0 Å². The molecule has 0 aliphatic heterocycles. The second-order valence-corrected chi connectivity index (χ2v) is 4.48. The van der Waals surface area contributed by atoms with Crippen LogP contribution in [0, 0.1) is 13.8 Å². The molecule has 0 bridgehead atoms. The Hall–Kier alpha value is -2.10. The quantitative estimate of drug-likeness (QED) is 0.915. The van der Waals surface area contributed by atoms with Crippen LogP contribution < -0.4 is 10.1 Å². The Kier molecular flexibility index (Phi) is 4.00. The highest BCUT2D eigenvalue weighted by Gasteiger charge is 2.07. The van der Waals surface area contributed by atoms with Crippen LogP contribution in [0.4, 0.5) is 5.82 Å². The zero-order chi connectivity index (χ0) is 13.8. The lowest BCUT2D eigenvalue weighted by Gasteiger charge is -2.10. The summed E-state index contributed by atoms with van der Waals surface area (Å²) in [6.07, 6.45) is 0.701. The summed E-state index contributed by atoms with van der Waals surface area (Å²) in [4.78, 5) is 9.08. The van der Waals surface area contributed by atoms with Gasteiger partial charge in [0.2, 0.25) is 0 Å². The van der Waals surface area contributed by atoms with Crippen LogP contribution in [0.1, 0.15) is 22.6 Å². The third-order valence-corrected chi connectivity index (χ3v) is 3.17. The van der Waals surface area contributed by atoms with Gasteiger partial charge in [-0.15, -0.1) is 0 Å². The SMILES string of the molecule is CNc1nc(Cc2cccc(OC)c2)nc(C)c1C. The highest BCUT2D eigenvalue weighted by Crippen LogP contribution is 2.18. The largest absolute Gasteiger partial charge is 0.497 e. The van der Waals surface area contributed by atoms with Gasteiger partial charge in [-0.3, -0.25) is 0 Å². The lowest BCUT2D eigenvalue weighted by atomic mass is 10.1. The average Bonchev–Trinajstić information content (AvgIpc) is 2.43. The van der Waals surface area contributed by atoms with Crippen molar-refractivity contribution in [3.05, 3.63) is 46.9 Å². The molecule has 4 nitrogen and oxygen atoms in total. The smallest absolute Gasteiger partial charge is 0.135 e. The minimum Gasteiger partial charge on any atom is -0.497 e. The Bertz CT molecular complexity index is 582. The van der Waals surface area contributed by atoms with Gasteiger partial charge in [-0.25, -0.2) is 9.97 Å². The van der Waals surface area contributed by atoms with Gasteiger partial charge in [0.05, 0.1) is 7.11 Å². The number of benzene rings is 1. The Balaban J connectivity index is 2.30. The molecule has 19 heavy (non-hydrogen) atoms. The maximum absolute atomic E-state index is 5.23. The molecule has 100 valence electrons. The second-order valence-electron chi connectivity index (χ2n) is 4.48. The number of methoxy groups -OCH3 is 1. The van der Waals surface area contributed by atoms with E-state index in [-0.39, 0.29) is 0 Å². The second kappa shape index (κ2) is 5.69. The molecule has 0 aliphatic rings. The van der Waals surface area contributed by atoms with Crippen molar-refractivity contribution in [2.75, 3.05) is 19.5 Å². The van der Waals surface area contributed by atoms with E-state index >= 15 is 0 Å². The number of nitrogens with zero attached hydrogens (tertiary/aromatic N) is 2. The molecule has 4 heteroatoms. The Labute approximate surface area is 113 Å². The summed E-state index contributed by atoms with van der Waals surface area (Å²) in [5, 5.41) is 3.11. The normalized spacial score (nSPS) is 10.3. The van der Waals surface area contributed by atoms with Gasteiger partial charge in [-0.05, 0) is 31.5 Å². The molecule has 1 aromatic heterocycles. The minimum absolute atomic E-state index is 0.701. The summed E-state index contributed by atoms with van der Waals surface area (Å²) < 4.78 is 5.23. The van der Waals surface area contributed by atoms with E-state index in [1.54, 1.807) is 7.11 Å². The number of nitrogens with one attached hydrogen (secondary N) is 1. The first-order chi connectivity index (χ1) is 9.13. The number of anilines is 1. The Morgan fingerprint density at radius 3 is 2.68 bits per heavy atom. The van der Waals surface area contributed by atoms with E-state index in [4.69, 9.17) is 4.74 Å². The summed E-state index contributed by atoms with van der Waals surface area (Å²) in [7, 11) is 3.55. The Morgan fingerprint density at radius 2 is 2.00 bits per heavy atom. The van der Waals surface area contributed by atoms with Crippen molar-refractivity contribution in [2.24, 2.45) is 0 Å². The fourth-order valence-electron chi connectivity index (χ4n) is 1.97. The fraction of sp³-hybridized carbons (Fsp3) is 0.333. The molecule has 0 atom stereocenters. The number of aromatic nitrogens is 2. The lowest BCUT2D eigenvalue weighted by Crippen LogP contribution is -2.06. The van der Waals surface area contributed by atoms with Crippen molar-refractivity contribution in [1.82, 2.24) is 9.97 Å². The number of hydrogen-bond donors (Lipinski definition) is 1. The molecular weight excluding hydrogens is 238 g/mol. The van der Waals surface area contributed by atoms with Gasteiger partial charge >= 0.3 is 0 Å². The summed E-state index contributed by atoms with van der Waals surface area (Å²) in [5.74, 6) is 2.57. The molecule has 0 saturated heterocycles. The van der Waals surface area contributed by atoms with Crippen LogP contribution in [-0.2, 0) is 6.42 Å². The van der Waals surface area contributed by atoms with E-state index in [0.29, 0.717) is 6.42 Å². The maximum atomic E-state index is 5.23. The molecule has 1 heterocycles. The van der Waals surface area contributed by atoms with Gasteiger partial charge in [-0.2, -0.15) is 0 Å². The van der Waals surface area contributed by atoms with E-state index in [2.05, 4.69) is 21.4 Å². The first kappa shape index (κ1) is 13.3. The molecular formula is C15H19N3O. The van der Waals surface area contributed by atoms with Crippen molar-refractivity contribution in [1.29, 1.82) is 0 Å². The summed E-state index contributed by atoms with van der Waals surface area (Å²) in [6.45, 7) is 4.03. The van der Waals surface area contributed by atoms with Crippen molar-refractivity contribution >= 4 is 5.82 Å². The number of ether oxygens (including phenoxy) is 1. The monoisotopic (exact) mass is 257 g/mol.